The Morgan fingerprint density at radius 3 is 3.11 bits per heavy atom. The summed E-state index contributed by atoms with van der Waals surface area (Å²) in [7, 11) is 1.70. The molecule has 1 heterocycles. The molecule has 0 atom stereocenters. The molecule has 1 aliphatic carbocycles. The molecule has 1 fully saturated rings. The monoisotopic (exact) mass is 272 g/mol. The Labute approximate surface area is 110 Å². The summed E-state index contributed by atoms with van der Waals surface area (Å²) in [5, 5.41) is 10.7. The first kappa shape index (κ1) is 13.6. The van der Waals surface area contributed by atoms with Gasteiger partial charge in [0, 0.05) is 25.4 Å². The first-order chi connectivity index (χ1) is 8.83. The number of ether oxygens (including phenoxy) is 1. The van der Waals surface area contributed by atoms with Crippen LogP contribution in [0.15, 0.2) is 9.95 Å². The van der Waals surface area contributed by atoms with Gasteiger partial charge in [0.1, 0.15) is 0 Å². The lowest BCUT2D eigenvalue weighted by Crippen LogP contribution is -2.20. The van der Waals surface area contributed by atoms with E-state index in [1.54, 1.807) is 23.4 Å². The average molecular weight is 272 g/mol. The predicted molar refractivity (Wildman–Crippen MR) is 71.2 cm³/mol. The summed E-state index contributed by atoms with van der Waals surface area (Å²) in [6.07, 6.45) is 3.26. The molecule has 6 nitrogen and oxygen atoms in total. The number of nitrogens with one attached hydrogen (secondary N) is 2. The van der Waals surface area contributed by atoms with E-state index in [2.05, 4.69) is 15.5 Å². The largest absolute Gasteiger partial charge is 0.383 e. The number of thioether (sulfide) groups is 1. The van der Waals surface area contributed by atoms with Crippen LogP contribution < -0.4 is 11.0 Å². The second kappa shape index (κ2) is 6.96. The van der Waals surface area contributed by atoms with Crippen LogP contribution in [-0.4, -0.2) is 47.3 Å². The molecule has 1 aliphatic rings. The highest BCUT2D eigenvalue weighted by Gasteiger charge is 2.28. The number of rotatable bonds is 9. The maximum Gasteiger partial charge on any atom is 0.344 e. The number of aromatic nitrogens is 3. The molecular weight excluding hydrogens is 252 g/mol. The Kier molecular flexibility index (Phi) is 5.27. The van der Waals surface area contributed by atoms with Crippen LogP contribution in [0.4, 0.5) is 0 Å². The van der Waals surface area contributed by atoms with Gasteiger partial charge >= 0.3 is 5.69 Å². The van der Waals surface area contributed by atoms with E-state index >= 15 is 0 Å². The second-order valence-electron chi connectivity index (χ2n) is 4.36. The normalized spacial score (nSPS) is 15.2. The average Bonchev–Trinajstić information content (AvgIpc) is 3.13. The van der Waals surface area contributed by atoms with Crippen molar-refractivity contribution in [3.05, 3.63) is 10.5 Å². The molecule has 0 bridgehead atoms. The van der Waals surface area contributed by atoms with Crippen molar-refractivity contribution in [2.75, 3.05) is 32.6 Å². The van der Waals surface area contributed by atoms with Gasteiger partial charge in [-0.15, -0.1) is 5.10 Å². The lowest BCUT2D eigenvalue weighted by atomic mass is 10.5. The molecule has 2 N–H and O–H groups in total. The number of nitrogens with zero attached hydrogens (tertiary/aromatic N) is 2. The molecule has 7 heteroatoms. The van der Waals surface area contributed by atoms with Gasteiger partial charge in [0.15, 0.2) is 5.16 Å². The standard InChI is InChI=1S/C11H20N4O2S/c1-17-7-6-12-5-2-8-18-11-14-13-10(16)15(11)9-3-4-9/h9,12H,2-8H2,1H3,(H,13,16). The fourth-order valence-electron chi connectivity index (χ4n) is 1.71. The van der Waals surface area contributed by atoms with E-state index in [0.717, 1.165) is 49.9 Å². The zero-order valence-electron chi connectivity index (χ0n) is 10.6. The maximum atomic E-state index is 11.5. The van der Waals surface area contributed by atoms with Crippen molar-refractivity contribution in [1.29, 1.82) is 0 Å². The molecule has 102 valence electrons. The van der Waals surface area contributed by atoms with E-state index < -0.39 is 0 Å². The molecular formula is C11H20N4O2S. The summed E-state index contributed by atoms with van der Waals surface area (Å²) in [6, 6.07) is 0.388. The summed E-state index contributed by atoms with van der Waals surface area (Å²) in [4.78, 5) is 11.5. The zero-order chi connectivity index (χ0) is 12.8. The van der Waals surface area contributed by atoms with E-state index in [4.69, 9.17) is 4.74 Å². The molecule has 0 saturated heterocycles. The minimum atomic E-state index is -0.0711. The van der Waals surface area contributed by atoms with E-state index in [1.807, 2.05) is 0 Å². The third-order valence-electron chi connectivity index (χ3n) is 2.80. The Morgan fingerprint density at radius 1 is 1.56 bits per heavy atom. The number of hydrogen-bond acceptors (Lipinski definition) is 5. The van der Waals surface area contributed by atoms with Crippen molar-refractivity contribution in [3.63, 3.8) is 0 Å². The highest BCUT2D eigenvalue weighted by atomic mass is 32.2. The minimum absolute atomic E-state index is 0.0711. The van der Waals surface area contributed by atoms with Crippen LogP contribution in [0.5, 0.6) is 0 Å². The molecule has 1 saturated carbocycles. The van der Waals surface area contributed by atoms with Crippen molar-refractivity contribution in [1.82, 2.24) is 20.1 Å². The summed E-state index contributed by atoms with van der Waals surface area (Å²) < 4.78 is 6.74. The molecule has 0 amide bonds. The second-order valence-corrected chi connectivity index (χ2v) is 5.42. The van der Waals surface area contributed by atoms with Crippen LogP contribution >= 0.6 is 11.8 Å². The lowest BCUT2D eigenvalue weighted by molar-refractivity contribution is 0.199. The molecule has 0 aliphatic heterocycles. The third-order valence-corrected chi connectivity index (χ3v) is 3.84. The zero-order valence-corrected chi connectivity index (χ0v) is 11.5. The van der Waals surface area contributed by atoms with E-state index in [1.165, 1.54) is 0 Å². The summed E-state index contributed by atoms with van der Waals surface area (Å²) in [5.74, 6) is 0.969. The van der Waals surface area contributed by atoms with Crippen molar-refractivity contribution >= 4 is 11.8 Å². The van der Waals surface area contributed by atoms with Crippen LogP contribution in [0, 0.1) is 0 Å². The van der Waals surface area contributed by atoms with Gasteiger partial charge in [0.25, 0.3) is 0 Å². The van der Waals surface area contributed by atoms with Gasteiger partial charge in [-0.05, 0) is 25.8 Å². The van der Waals surface area contributed by atoms with Crippen molar-refractivity contribution < 1.29 is 4.74 Å². The number of methoxy groups -OCH3 is 1. The summed E-state index contributed by atoms with van der Waals surface area (Å²) in [5.41, 5.74) is -0.0711. The van der Waals surface area contributed by atoms with Crippen molar-refractivity contribution in [3.8, 4) is 0 Å². The smallest absolute Gasteiger partial charge is 0.344 e. The van der Waals surface area contributed by atoms with Crippen molar-refractivity contribution in [2.24, 2.45) is 0 Å². The van der Waals surface area contributed by atoms with Crippen LogP contribution in [-0.2, 0) is 4.74 Å². The van der Waals surface area contributed by atoms with Crippen LogP contribution in [0.3, 0.4) is 0 Å². The van der Waals surface area contributed by atoms with Crippen molar-refractivity contribution in [2.45, 2.75) is 30.5 Å². The van der Waals surface area contributed by atoms with Gasteiger partial charge in [-0.25, -0.2) is 9.89 Å². The van der Waals surface area contributed by atoms with Crippen LogP contribution in [0.2, 0.25) is 0 Å². The fourth-order valence-corrected chi connectivity index (χ4v) is 2.66. The fraction of sp³-hybridized carbons (Fsp3) is 0.818. The number of H-pyrrole nitrogens is 1. The Hall–Kier alpha value is -0.790. The quantitative estimate of drug-likeness (QED) is 0.509. The SMILES string of the molecule is COCCNCCCSc1n[nH]c(=O)n1C1CC1. The number of aromatic amines is 1. The molecule has 18 heavy (non-hydrogen) atoms. The Balaban J connectivity index is 1.66. The third kappa shape index (κ3) is 3.86. The maximum absolute atomic E-state index is 11.5. The summed E-state index contributed by atoms with van der Waals surface area (Å²) >= 11 is 1.65. The van der Waals surface area contributed by atoms with E-state index in [0.29, 0.717) is 6.04 Å². The van der Waals surface area contributed by atoms with Gasteiger partial charge < -0.3 is 10.1 Å². The van der Waals surface area contributed by atoms with Gasteiger partial charge in [-0.2, -0.15) is 0 Å². The molecule has 0 unspecified atom stereocenters. The highest BCUT2D eigenvalue weighted by molar-refractivity contribution is 7.99. The van der Waals surface area contributed by atoms with Gasteiger partial charge in [-0.1, -0.05) is 11.8 Å². The molecule has 0 radical (unpaired) electrons. The Bertz CT molecular complexity index is 413. The van der Waals surface area contributed by atoms with Gasteiger partial charge in [-0.3, -0.25) is 4.57 Å². The van der Waals surface area contributed by atoms with E-state index in [-0.39, 0.29) is 5.69 Å². The van der Waals surface area contributed by atoms with Crippen LogP contribution in [0.1, 0.15) is 25.3 Å². The van der Waals surface area contributed by atoms with Crippen LogP contribution in [0.25, 0.3) is 0 Å². The molecule has 1 aromatic heterocycles. The highest BCUT2D eigenvalue weighted by Crippen LogP contribution is 2.35. The minimum Gasteiger partial charge on any atom is -0.383 e. The topological polar surface area (TPSA) is 71.9 Å². The first-order valence-electron chi connectivity index (χ1n) is 6.32. The predicted octanol–water partition coefficient (Wildman–Crippen LogP) is 0.624. The van der Waals surface area contributed by atoms with E-state index in [9.17, 15) is 4.79 Å². The molecule has 0 aromatic carbocycles. The molecule has 2 rings (SSSR count). The first-order valence-corrected chi connectivity index (χ1v) is 7.31. The number of hydrogen-bond donors (Lipinski definition) is 2. The van der Waals surface area contributed by atoms with Gasteiger partial charge in [0.05, 0.1) is 6.61 Å². The lowest BCUT2D eigenvalue weighted by Gasteiger charge is -2.04. The molecule has 0 spiro atoms. The Morgan fingerprint density at radius 2 is 2.39 bits per heavy atom. The molecule has 1 aromatic rings. The summed E-state index contributed by atoms with van der Waals surface area (Å²) in [6.45, 7) is 2.60. The van der Waals surface area contributed by atoms with Gasteiger partial charge in [0.2, 0.25) is 0 Å².